The van der Waals surface area contributed by atoms with Gasteiger partial charge in [0.2, 0.25) is 0 Å². The van der Waals surface area contributed by atoms with E-state index in [1.165, 1.54) is 20.1 Å². The first-order chi connectivity index (χ1) is 35.5. The summed E-state index contributed by atoms with van der Waals surface area (Å²) in [7, 11) is 3.10. The highest BCUT2D eigenvalue weighted by Crippen LogP contribution is 2.71. The van der Waals surface area contributed by atoms with Crippen molar-refractivity contribution in [2.45, 2.75) is 247 Å². The Balaban J connectivity index is 0.795. The molecule has 0 radical (unpaired) electrons. The van der Waals surface area contributed by atoms with E-state index in [2.05, 4.69) is 6.92 Å². The number of ether oxygens (including phenoxy) is 11. The standard InChI is InChI=1S/C56H82O19/c1-29-48(61)39(65-8)26-46(67-29)73-50-31(3)69-45(25-38(50)59)75-51-32(4)70-47(27-40(51)66-9)74-49-30(2)68-44(24-37(49)58)71-36-18-19-52(6)35(23-36)17-20-55(63)41(52)28-42(72-43(60)16-15-34-13-11-10-12-14-34)53(7)54(62,33(5)57)21-22-56(53,55)64/h10-17,29-32,36-42,44-51,58-59,61-64H,18-28H2,1-9H3/t29-,30-,31-,32-,36+,37+,38-,39-,40-,41-,42-,44+,45+,46+,47+,48-,49-,50-,51-,52+,53-,54-,55+,56-/m1/s1. The summed E-state index contributed by atoms with van der Waals surface area (Å²) in [5, 5.41) is 71.2. The lowest BCUT2D eigenvalue weighted by Crippen LogP contribution is -2.78. The molecule has 24 atom stereocenters. The summed E-state index contributed by atoms with van der Waals surface area (Å²) in [5.74, 6) is -1.85. The van der Waals surface area contributed by atoms with Crippen molar-refractivity contribution >= 4 is 17.8 Å². The van der Waals surface area contributed by atoms with E-state index in [-0.39, 0.29) is 51.0 Å². The summed E-state index contributed by atoms with van der Waals surface area (Å²) in [4.78, 5) is 26.9. The van der Waals surface area contributed by atoms with Gasteiger partial charge in [-0.3, -0.25) is 4.79 Å². The maximum absolute atomic E-state index is 13.6. The molecular weight excluding hydrogens is 977 g/mol. The predicted octanol–water partition coefficient (Wildman–Crippen LogP) is 3.93. The normalized spacial score (nSPS) is 49.1. The fourth-order valence-electron chi connectivity index (χ4n) is 14.6. The summed E-state index contributed by atoms with van der Waals surface area (Å²) in [5.41, 5.74) is -6.38. The Kier molecular flexibility index (Phi) is 16.7. The van der Waals surface area contributed by atoms with Crippen molar-refractivity contribution in [2.24, 2.45) is 16.7 Å². The zero-order chi connectivity index (χ0) is 54.0. The van der Waals surface area contributed by atoms with E-state index in [0.29, 0.717) is 25.7 Å². The van der Waals surface area contributed by atoms with E-state index in [0.717, 1.165) is 11.1 Å². The second-order valence-electron chi connectivity index (χ2n) is 23.2. The van der Waals surface area contributed by atoms with Crippen LogP contribution in [0.2, 0.25) is 0 Å². The molecule has 1 aromatic carbocycles. The number of hydrogen-bond donors (Lipinski definition) is 6. The zero-order valence-corrected chi connectivity index (χ0v) is 44.9. The molecule has 0 amide bonds. The van der Waals surface area contributed by atoms with Crippen molar-refractivity contribution < 1.29 is 92.3 Å². The third-order valence-electron chi connectivity index (χ3n) is 19.0. The van der Waals surface area contributed by atoms with Gasteiger partial charge in [-0.2, -0.15) is 0 Å². The number of carbonyl (C=O) groups excluding carboxylic acids is 2. The first-order valence-corrected chi connectivity index (χ1v) is 27.1. The van der Waals surface area contributed by atoms with E-state index in [1.54, 1.807) is 34.0 Å². The van der Waals surface area contributed by atoms with Crippen LogP contribution in [0.1, 0.15) is 125 Å². The number of hydrogen-bond acceptors (Lipinski definition) is 19. The lowest BCUT2D eigenvalue weighted by atomic mass is 9.42. The topological polar surface area (TPSA) is 257 Å². The molecule has 4 aliphatic heterocycles. The molecule has 0 spiro atoms. The van der Waals surface area contributed by atoms with Crippen LogP contribution in [-0.2, 0) is 61.7 Å². The van der Waals surface area contributed by atoms with Crippen LogP contribution in [0.15, 0.2) is 48.1 Å². The van der Waals surface area contributed by atoms with Crippen molar-refractivity contribution in [1.29, 1.82) is 0 Å². The molecule has 4 heterocycles. The van der Waals surface area contributed by atoms with Crippen molar-refractivity contribution in [1.82, 2.24) is 0 Å². The summed E-state index contributed by atoms with van der Waals surface area (Å²) in [6, 6.07) is 9.25. The number of aliphatic hydroxyl groups is 6. The zero-order valence-electron chi connectivity index (χ0n) is 44.9. The average Bonchev–Trinajstić information content (AvgIpc) is 3.61. The molecule has 0 aromatic heterocycles. The number of rotatable bonds is 14. The molecule has 19 heteroatoms. The molecule has 8 aliphatic rings. The Morgan fingerprint density at radius 3 is 1.81 bits per heavy atom. The third-order valence-corrected chi connectivity index (χ3v) is 19.0. The Morgan fingerprint density at radius 1 is 0.680 bits per heavy atom. The minimum absolute atomic E-state index is 0.0593. The van der Waals surface area contributed by atoms with Crippen LogP contribution < -0.4 is 0 Å². The van der Waals surface area contributed by atoms with Gasteiger partial charge in [0.25, 0.3) is 0 Å². The van der Waals surface area contributed by atoms with Gasteiger partial charge < -0.3 is 82.7 Å². The van der Waals surface area contributed by atoms with Crippen LogP contribution in [-0.4, -0.2) is 184 Å². The number of methoxy groups -OCH3 is 2. The van der Waals surface area contributed by atoms with Gasteiger partial charge in [0.15, 0.2) is 30.9 Å². The fourth-order valence-corrected chi connectivity index (χ4v) is 14.6. The van der Waals surface area contributed by atoms with Crippen LogP contribution in [0.5, 0.6) is 0 Å². The van der Waals surface area contributed by atoms with Crippen molar-refractivity contribution in [3.8, 4) is 0 Å². The molecule has 0 unspecified atom stereocenters. The Hall–Kier alpha value is -2.80. The van der Waals surface area contributed by atoms with Gasteiger partial charge in [0.1, 0.15) is 47.3 Å². The highest BCUT2D eigenvalue weighted by atomic mass is 16.8. The predicted molar refractivity (Wildman–Crippen MR) is 266 cm³/mol. The Morgan fingerprint density at radius 2 is 1.23 bits per heavy atom. The van der Waals surface area contributed by atoms with Gasteiger partial charge >= 0.3 is 5.97 Å². The smallest absolute Gasteiger partial charge is 0.331 e. The van der Waals surface area contributed by atoms with Gasteiger partial charge in [-0.15, -0.1) is 0 Å². The molecule has 19 nitrogen and oxygen atoms in total. The van der Waals surface area contributed by atoms with Crippen molar-refractivity contribution in [3.05, 3.63) is 53.6 Å². The number of aliphatic hydroxyl groups excluding tert-OH is 3. The monoisotopic (exact) mass is 1060 g/mol. The van der Waals surface area contributed by atoms with Crippen LogP contribution in [0.4, 0.5) is 0 Å². The molecule has 0 bridgehead atoms. The molecule has 4 saturated heterocycles. The molecule has 1 aromatic rings. The minimum Gasteiger partial charge on any atom is -0.458 e. The molecule has 3 saturated carbocycles. The number of benzene rings is 1. The molecule has 420 valence electrons. The summed E-state index contributed by atoms with van der Waals surface area (Å²) >= 11 is 0. The average molecular weight is 1060 g/mol. The summed E-state index contributed by atoms with van der Waals surface area (Å²) in [6.07, 6.45) is -5.02. The number of ketones is 1. The third kappa shape index (κ3) is 10.3. The molecule has 6 N–H and O–H groups in total. The second kappa shape index (κ2) is 22.0. The maximum Gasteiger partial charge on any atom is 0.331 e. The maximum atomic E-state index is 13.6. The lowest BCUT2D eigenvalue weighted by Gasteiger charge is -2.67. The van der Waals surface area contributed by atoms with E-state index in [4.69, 9.17) is 52.1 Å². The number of carbonyl (C=O) groups is 2. The van der Waals surface area contributed by atoms with Gasteiger partial charge in [0.05, 0.1) is 60.4 Å². The highest BCUT2D eigenvalue weighted by molar-refractivity contribution is 5.88. The molecule has 75 heavy (non-hydrogen) atoms. The van der Waals surface area contributed by atoms with E-state index >= 15 is 0 Å². The van der Waals surface area contributed by atoms with Gasteiger partial charge in [0, 0.05) is 51.9 Å². The molecule has 9 rings (SSSR count). The summed E-state index contributed by atoms with van der Waals surface area (Å²) < 4.78 is 68.0. The number of Topliss-reactive ketones (excluding diaryl/α,β-unsaturated/α-hetero) is 1. The van der Waals surface area contributed by atoms with Crippen LogP contribution in [0, 0.1) is 16.7 Å². The van der Waals surface area contributed by atoms with Crippen LogP contribution in [0.25, 0.3) is 6.08 Å². The van der Waals surface area contributed by atoms with Crippen molar-refractivity contribution in [2.75, 3.05) is 14.2 Å². The van der Waals surface area contributed by atoms with Gasteiger partial charge in [-0.05, 0) is 104 Å². The SMILES string of the molecule is CO[C@@H]1C[C@H](O[C@H]2[C@H](O)C[C@H](O[C@@H]3[C@@H](C)O[C@@H](O[C@H]4[C@@H](O)C[C@H](O[C@H]5CC[C@@]6(C)C(=CC[C@]7(O)[C@@H]6C[C@@H](OC(=O)C=Cc6ccccc6)[C@@]6(C)[C@]7(O)CC[C@@]6(O)C(C)=O)C5)O[C@@H]4C)C[C@H]3OC)O[C@@H]2C)O[C@H](C)[C@H]1O. The molecule has 7 fully saturated rings. The molecule has 4 aliphatic carbocycles. The largest absolute Gasteiger partial charge is 0.458 e. The fraction of sp³-hybridized carbons (Fsp3) is 0.786. The second-order valence-corrected chi connectivity index (χ2v) is 23.2. The van der Waals surface area contributed by atoms with Gasteiger partial charge in [-0.1, -0.05) is 48.9 Å². The highest BCUT2D eigenvalue weighted by Gasteiger charge is 2.81. The quantitative estimate of drug-likeness (QED) is 0.0877. The number of fused-ring (bicyclic) bond motifs is 5. The van der Waals surface area contributed by atoms with Crippen LogP contribution >= 0.6 is 0 Å². The van der Waals surface area contributed by atoms with Crippen molar-refractivity contribution in [3.63, 3.8) is 0 Å². The van der Waals surface area contributed by atoms with Crippen LogP contribution in [0.3, 0.4) is 0 Å². The Labute approximate surface area is 440 Å². The number of esters is 1. The Bertz CT molecular complexity index is 2210. The molecular formula is C56H82O19. The van der Waals surface area contributed by atoms with E-state index in [1.807, 2.05) is 50.3 Å². The van der Waals surface area contributed by atoms with E-state index < -0.39 is 150 Å². The first-order valence-electron chi connectivity index (χ1n) is 27.1. The minimum atomic E-state index is -2.06. The summed E-state index contributed by atoms with van der Waals surface area (Å²) in [6.45, 7) is 12.1. The first kappa shape index (κ1) is 56.9. The van der Waals surface area contributed by atoms with Gasteiger partial charge in [-0.25, -0.2) is 4.79 Å². The van der Waals surface area contributed by atoms with E-state index in [9.17, 15) is 40.2 Å². The lowest BCUT2D eigenvalue weighted by molar-refractivity contribution is -0.345.